The highest BCUT2D eigenvalue weighted by Crippen LogP contribution is 2.13. The van der Waals surface area contributed by atoms with Gasteiger partial charge in [-0.25, -0.2) is 0 Å². The number of carbonyl (C=O) groups is 2. The van der Waals surface area contributed by atoms with Crippen molar-refractivity contribution in [2.45, 2.75) is 13.5 Å². The molecule has 0 bridgehead atoms. The normalized spacial score (nSPS) is 10.0. The van der Waals surface area contributed by atoms with Gasteiger partial charge in [-0.05, 0) is 29.8 Å². The van der Waals surface area contributed by atoms with Gasteiger partial charge in [-0.2, -0.15) is 0 Å². The van der Waals surface area contributed by atoms with Gasteiger partial charge in [0.1, 0.15) is 0 Å². The van der Waals surface area contributed by atoms with Crippen molar-refractivity contribution in [1.29, 1.82) is 0 Å². The standard InChI is InChI=1S/C17H19N3O2/c1-13(21)19-15-7-9-16(10-8-15)20-17(22)12-18-11-14-5-3-2-4-6-14/h2-10,18H,11-12H2,1H3,(H,19,21)(H,20,22). The lowest BCUT2D eigenvalue weighted by atomic mass is 10.2. The molecule has 22 heavy (non-hydrogen) atoms. The van der Waals surface area contributed by atoms with E-state index in [1.54, 1.807) is 24.3 Å². The molecule has 0 unspecified atom stereocenters. The highest BCUT2D eigenvalue weighted by atomic mass is 16.2. The minimum atomic E-state index is -0.123. The average Bonchev–Trinajstić information content (AvgIpc) is 2.50. The summed E-state index contributed by atoms with van der Waals surface area (Å²) in [6, 6.07) is 16.9. The predicted octanol–water partition coefficient (Wildman–Crippen LogP) is 2.37. The quantitative estimate of drug-likeness (QED) is 0.766. The van der Waals surface area contributed by atoms with Gasteiger partial charge in [0.25, 0.3) is 0 Å². The fourth-order valence-corrected chi connectivity index (χ4v) is 1.96. The van der Waals surface area contributed by atoms with E-state index in [-0.39, 0.29) is 18.4 Å². The maximum absolute atomic E-state index is 11.8. The molecule has 2 rings (SSSR count). The van der Waals surface area contributed by atoms with Crippen LogP contribution in [0.5, 0.6) is 0 Å². The van der Waals surface area contributed by atoms with Crippen LogP contribution in [0, 0.1) is 0 Å². The minimum Gasteiger partial charge on any atom is -0.326 e. The van der Waals surface area contributed by atoms with Crippen molar-refractivity contribution in [2.75, 3.05) is 17.2 Å². The first-order valence-electron chi connectivity index (χ1n) is 7.05. The van der Waals surface area contributed by atoms with Crippen molar-refractivity contribution >= 4 is 23.2 Å². The summed E-state index contributed by atoms with van der Waals surface area (Å²) in [6.07, 6.45) is 0. The molecule has 5 nitrogen and oxygen atoms in total. The minimum absolute atomic E-state index is 0.108. The number of rotatable bonds is 6. The van der Waals surface area contributed by atoms with E-state index in [4.69, 9.17) is 0 Å². The van der Waals surface area contributed by atoms with Gasteiger partial charge in [0, 0.05) is 24.8 Å². The largest absolute Gasteiger partial charge is 0.326 e. The summed E-state index contributed by atoms with van der Waals surface area (Å²) in [6.45, 7) is 2.34. The Hall–Kier alpha value is -2.66. The Morgan fingerprint density at radius 3 is 2.05 bits per heavy atom. The molecule has 0 aliphatic carbocycles. The lowest BCUT2D eigenvalue weighted by molar-refractivity contribution is -0.115. The average molecular weight is 297 g/mol. The summed E-state index contributed by atoms with van der Waals surface area (Å²) in [5.41, 5.74) is 2.53. The van der Waals surface area contributed by atoms with Gasteiger partial charge in [-0.1, -0.05) is 30.3 Å². The molecule has 0 aromatic heterocycles. The van der Waals surface area contributed by atoms with Crippen molar-refractivity contribution in [2.24, 2.45) is 0 Å². The summed E-state index contributed by atoms with van der Waals surface area (Å²) in [5.74, 6) is -0.231. The SMILES string of the molecule is CC(=O)Nc1ccc(NC(=O)CNCc2ccccc2)cc1. The number of carbonyl (C=O) groups excluding carboxylic acids is 2. The molecule has 0 aliphatic rings. The predicted molar refractivity (Wildman–Crippen MR) is 87.5 cm³/mol. The molecular weight excluding hydrogens is 278 g/mol. The van der Waals surface area contributed by atoms with E-state index in [2.05, 4.69) is 16.0 Å². The van der Waals surface area contributed by atoms with E-state index < -0.39 is 0 Å². The van der Waals surface area contributed by atoms with Gasteiger partial charge in [-0.15, -0.1) is 0 Å². The van der Waals surface area contributed by atoms with E-state index in [0.29, 0.717) is 17.9 Å². The van der Waals surface area contributed by atoms with Crippen LogP contribution in [0.15, 0.2) is 54.6 Å². The Morgan fingerprint density at radius 2 is 1.45 bits per heavy atom. The number of hydrogen-bond acceptors (Lipinski definition) is 3. The van der Waals surface area contributed by atoms with Gasteiger partial charge in [-0.3, -0.25) is 9.59 Å². The molecule has 0 heterocycles. The zero-order chi connectivity index (χ0) is 15.8. The maximum Gasteiger partial charge on any atom is 0.238 e. The second-order valence-electron chi connectivity index (χ2n) is 4.90. The highest BCUT2D eigenvalue weighted by Gasteiger charge is 2.02. The molecule has 2 aromatic rings. The fraction of sp³-hybridized carbons (Fsp3) is 0.176. The third kappa shape index (κ3) is 5.38. The molecule has 0 radical (unpaired) electrons. The zero-order valence-electron chi connectivity index (χ0n) is 12.4. The Morgan fingerprint density at radius 1 is 0.864 bits per heavy atom. The van der Waals surface area contributed by atoms with Crippen LogP contribution < -0.4 is 16.0 Å². The number of amides is 2. The van der Waals surface area contributed by atoms with Crippen LogP contribution in [0.3, 0.4) is 0 Å². The summed E-state index contributed by atoms with van der Waals surface area (Å²) >= 11 is 0. The summed E-state index contributed by atoms with van der Waals surface area (Å²) in [4.78, 5) is 22.7. The van der Waals surface area contributed by atoms with Gasteiger partial charge >= 0.3 is 0 Å². The summed E-state index contributed by atoms with van der Waals surface area (Å²) in [7, 11) is 0. The number of nitrogens with one attached hydrogen (secondary N) is 3. The third-order valence-electron chi connectivity index (χ3n) is 2.95. The highest BCUT2D eigenvalue weighted by molar-refractivity contribution is 5.93. The van der Waals surface area contributed by atoms with Gasteiger partial charge in [0.05, 0.1) is 6.54 Å². The maximum atomic E-state index is 11.8. The van der Waals surface area contributed by atoms with Crippen LogP contribution >= 0.6 is 0 Å². The van der Waals surface area contributed by atoms with Gasteiger partial charge in [0.15, 0.2) is 0 Å². The van der Waals surface area contributed by atoms with Crippen LogP contribution in [0.2, 0.25) is 0 Å². The van der Waals surface area contributed by atoms with Crippen molar-refractivity contribution < 1.29 is 9.59 Å². The van der Waals surface area contributed by atoms with Crippen LogP contribution in [-0.4, -0.2) is 18.4 Å². The first-order valence-corrected chi connectivity index (χ1v) is 7.05. The molecule has 5 heteroatoms. The molecule has 114 valence electrons. The topological polar surface area (TPSA) is 70.2 Å². The molecule has 0 spiro atoms. The molecule has 2 aromatic carbocycles. The number of anilines is 2. The second-order valence-corrected chi connectivity index (χ2v) is 4.90. The lowest BCUT2D eigenvalue weighted by Crippen LogP contribution is -2.27. The van der Waals surface area contributed by atoms with Gasteiger partial charge < -0.3 is 16.0 Å². The zero-order valence-corrected chi connectivity index (χ0v) is 12.4. The Labute approximate surface area is 129 Å². The van der Waals surface area contributed by atoms with E-state index in [1.165, 1.54) is 6.92 Å². The smallest absolute Gasteiger partial charge is 0.238 e. The van der Waals surface area contributed by atoms with Crippen molar-refractivity contribution in [3.63, 3.8) is 0 Å². The van der Waals surface area contributed by atoms with Crippen molar-refractivity contribution in [1.82, 2.24) is 5.32 Å². The molecule has 0 saturated heterocycles. The van der Waals surface area contributed by atoms with E-state index in [1.807, 2.05) is 30.3 Å². The van der Waals surface area contributed by atoms with Gasteiger partial charge in [0.2, 0.25) is 11.8 Å². The molecule has 0 atom stereocenters. The molecular formula is C17H19N3O2. The molecule has 0 saturated carbocycles. The van der Waals surface area contributed by atoms with E-state index >= 15 is 0 Å². The Bertz CT molecular complexity index is 624. The van der Waals surface area contributed by atoms with Crippen LogP contribution in [-0.2, 0) is 16.1 Å². The van der Waals surface area contributed by atoms with Crippen molar-refractivity contribution in [3.05, 3.63) is 60.2 Å². The van der Waals surface area contributed by atoms with E-state index in [0.717, 1.165) is 5.56 Å². The summed E-state index contributed by atoms with van der Waals surface area (Å²) < 4.78 is 0. The van der Waals surface area contributed by atoms with Crippen molar-refractivity contribution in [3.8, 4) is 0 Å². The van der Waals surface area contributed by atoms with E-state index in [9.17, 15) is 9.59 Å². The first-order chi connectivity index (χ1) is 10.6. The molecule has 2 amide bonds. The van der Waals surface area contributed by atoms with Crippen LogP contribution in [0.25, 0.3) is 0 Å². The Balaban J connectivity index is 1.75. The third-order valence-corrected chi connectivity index (χ3v) is 2.95. The Kier molecular flexibility index (Phi) is 5.68. The van der Waals surface area contributed by atoms with Crippen LogP contribution in [0.1, 0.15) is 12.5 Å². The first kappa shape index (κ1) is 15.7. The summed E-state index contributed by atoms with van der Waals surface area (Å²) in [5, 5.41) is 8.56. The second kappa shape index (κ2) is 7.95. The monoisotopic (exact) mass is 297 g/mol. The lowest BCUT2D eigenvalue weighted by Gasteiger charge is -2.08. The van der Waals surface area contributed by atoms with Crippen LogP contribution in [0.4, 0.5) is 11.4 Å². The fourth-order valence-electron chi connectivity index (χ4n) is 1.96. The molecule has 3 N–H and O–H groups in total. The molecule has 0 fully saturated rings. The molecule has 0 aliphatic heterocycles. The number of benzene rings is 2. The number of hydrogen-bond donors (Lipinski definition) is 3.